The smallest absolute Gasteiger partial charge is 0.223 e. The molecular weight excluding hydrogens is 272 g/mol. The Morgan fingerprint density at radius 2 is 2.25 bits per heavy atom. The molecule has 7 heteroatoms. The zero-order valence-electron chi connectivity index (χ0n) is 11.4. The lowest BCUT2D eigenvalue weighted by Gasteiger charge is -2.05. The Morgan fingerprint density at radius 1 is 1.40 bits per heavy atom. The van der Waals surface area contributed by atoms with E-state index in [0.29, 0.717) is 12.5 Å². The van der Waals surface area contributed by atoms with Crippen molar-refractivity contribution in [2.75, 3.05) is 11.1 Å². The number of hydrogen-bond donors (Lipinski definition) is 2. The maximum absolute atomic E-state index is 5.78. The molecule has 0 saturated carbocycles. The fraction of sp³-hybridized carbons (Fsp3) is 0.308. The number of hydrogen-bond acceptors (Lipinski definition) is 6. The van der Waals surface area contributed by atoms with Crippen LogP contribution in [0.4, 0.5) is 11.8 Å². The summed E-state index contributed by atoms with van der Waals surface area (Å²) < 4.78 is 1.78. The number of nitrogens with two attached hydrogens (primary N) is 1. The molecule has 0 saturated heterocycles. The van der Waals surface area contributed by atoms with Crippen LogP contribution < -0.4 is 11.1 Å². The molecule has 0 aliphatic carbocycles. The third-order valence-electron chi connectivity index (χ3n) is 3.03. The molecule has 0 radical (unpaired) electrons. The van der Waals surface area contributed by atoms with Crippen LogP contribution in [0, 0.1) is 0 Å². The first-order chi connectivity index (χ1) is 9.65. The Labute approximate surface area is 120 Å². The number of nitrogens with one attached hydrogen (secondary N) is 1. The van der Waals surface area contributed by atoms with Gasteiger partial charge in [-0.05, 0) is 12.5 Å². The Balaban J connectivity index is 1.91. The van der Waals surface area contributed by atoms with Crippen LogP contribution in [0.3, 0.4) is 0 Å². The number of aromatic nitrogens is 4. The van der Waals surface area contributed by atoms with Gasteiger partial charge in [0.2, 0.25) is 5.95 Å². The Bertz CT molecular complexity index is 744. The zero-order chi connectivity index (χ0) is 14.1. The maximum Gasteiger partial charge on any atom is 0.223 e. The van der Waals surface area contributed by atoms with E-state index in [2.05, 4.69) is 33.4 Å². The molecular formula is C13H16N6S. The topological polar surface area (TPSA) is 81.7 Å². The first kappa shape index (κ1) is 12.9. The highest BCUT2D eigenvalue weighted by Crippen LogP contribution is 2.30. The minimum absolute atomic E-state index is 0.302. The van der Waals surface area contributed by atoms with Gasteiger partial charge in [-0.3, -0.25) is 4.68 Å². The molecule has 3 rings (SSSR count). The van der Waals surface area contributed by atoms with E-state index in [1.165, 1.54) is 4.88 Å². The summed E-state index contributed by atoms with van der Waals surface area (Å²) in [5.41, 5.74) is 6.88. The van der Waals surface area contributed by atoms with Crippen molar-refractivity contribution in [3.63, 3.8) is 0 Å². The molecule has 0 atom stereocenters. The number of fused-ring (bicyclic) bond motifs is 1. The summed E-state index contributed by atoms with van der Waals surface area (Å²) in [5.74, 6) is 1.09. The quantitative estimate of drug-likeness (QED) is 0.769. The van der Waals surface area contributed by atoms with Gasteiger partial charge in [-0.1, -0.05) is 6.92 Å². The molecule has 3 aromatic heterocycles. The molecule has 0 aliphatic heterocycles. The first-order valence-electron chi connectivity index (χ1n) is 6.43. The molecule has 104 valence electrons. The molecule has 0 spiro atoms. The van der Waals surface area contributed by atoms with Gasteiger partial charge >= 0.3 is 0 Å². The largest absolute Gasteiger partial charge is 0.368 e. The lowest BCUT2D eigenvalue weighted by atomic mass is 10.3. The molecule has 20 heavy (non-hydrogen) atoms. The lowest BCUT2D eigenvalue weighted by molar-refractivity contribution is 0.767. The van der Waals surface area contributed by atoms with Crippen LogP contribution in [0.15, 0.2) is 18.5 Å². The minimum Gasteiger partial charge on any atom is -0.368 e. The highest BCUT2D eigenvalue weighted by molar-refractivity contribution is 7.18. The lowest BCUT2D eigenvalue weighted by Crippen LogP contribution is -2.04. The number of rotatable bonds is 4. The molecule has 6 nitrogen and oxygen atoms in total. The highest BCUT2D eigenvalue weighted by atomic mass is 32.1. The van der Waals surface area contributed by atoms with Crippen LogP contribution in [-0.4, -0.2) is 19.7 Å². The predicted molar refractivity (Wildman–Crippen MR) is 81.7 cm³/mol. The highest BCUT2D eigenvalue weighted by Gasteiger charge is 2.10. The number of aryl methyl sites for hydroxylation is 2. The molecule has 3 aromatic rings. The van der Waals surface area contributed by atoms with Gasteiger partial charge in [-0.15, -0.1) is 11.3 Å². The van der Waals surface area contributed by atoms with E-state index in [4.69, 9.17) is 5.73 Å². The third kappa shape index (κ3) is 2.44. The van der Waals surface area contributed by atoms with Crippen molar-refractivity contribution in [2.24, 2.45) is 7.05 Å². The second-order valence-electron chi connectivity index (χ2n) is 4.59. The predicted octanol–water partition coefficient (Wildman–Crippen LogP) is 2.18. The van der Waals surface area contributed by atoms with Crippen molar-refractivity contribution in [1.82, 2.24) is 19.7 Å². The molecule has 0 aliphatic rings. The van der Waals surface area contributed by atoms with E-state index >= 15 is 0 Å². The van der Waals surface area contributed by atoms with E-state index in [9.17, 15) is 0 Å². The van der Waals surface area contributed by atoms with Gasteiger partial charge in [-0.25, -0.2) is 4.98 Å². The van der Waals surface area contributed by atoms with E-state index in [0.717, 1.165) is 28.0 Å². The van der Waals surface area contributed by atoms with Gasteiger partial charge in [0.1, 0.15) is 10.6 Å². The van der Waals surface area contributed by atoms with Crippen molar-refractivity contribution in [3.8, 4) is 0 Å². The van der Waals surface area contributed by atoms with Crippen molar-refractivity contribution < 1.29 is 0 Å². The Hall–Kier alpha value is -2.15. The Morgan fingerprint density at radius 3 is 2.95 bits per heavy atom. The molecule has 0 amide bonds. The number of nitrogen functional groups attached to an aromatic ring is 1. The molecule has 3 N–H and O–H groups in total. The van der Waals surface area contributed by atoms with Gasteiger partial charge in [0.05, 0.1) is 11.6 Å². The first-order valence-corrected chi connectivity index (χ1v) is 7.24. The van der Waals surface area contributed by atoms with Gasteiger partial charge in [0.15, 0.2) is 0 Å². The van der Waals surface area contributed by atoms with Gasteiger partial charge in [0, 0.05) is 30.2 Å². The molecule has 0 unspecified atom stereocenters. The number of anilines is 2. The summed E-state index contributed by atoms with van der Waals surface area (Å²) in [6, 6.07) is 2.13. The fourth-order valence-electron chi connectivity index (χ4n) is 2.05. The van der Waals surface area contributed by atoms with Crippen molar-refractivity contribution >= 4 is 33.3 Å². The average Bonchev–Trinajstić information content (AvgIpc) is 3.01. The third-order valence-corrected chi connectivity index (χ3v) is 4.20. The summed E-state index contributed by atoms with van der Waals surface area (Å²) >= 11 is 1.66. The summed E-state index contributed by atoms with van der Waals surface area (Å²) in [4.78, 5) is 10.8. The van der Waals surface area contributed by atoms with E-state index in [1.54, 1.807) is 16.0 Å². The summed E-state index contributed by atoms with van der Waals surface area (Å²) in [6.45, 7) is 2.79. The second-order valence-corrected chi connectivity index (χ2v) is 5.71. The Kier molecular flexibility index (Phi) is 3.27. The van der Waals surface area contributed by atoms with E-state index in [-0.39, 0.29) is 0 Å². The zero-order valence-corrected chi connectivity index (χ0v) is 12.2. The number of thiophene rings is 1. The van der Waals surface area contributed by atoms with Gasteiger partial charge < -0.3 is 11.1 Å². The van der Waals surface area contributed by atoms with Crippen LogP contribution >= 0.6 is 11.3 Å². The van der Waals surface area contributed by atoms with E-state index < -0.39 is 0 Å². The minimum atomic E-state index is 0.302. The monoisotopic (exact) mass is 288 g/mol. The summed E-state index contributed by atoms with van der Waals surface area (Å²) in [5, 5.41) is 8.50. The molecule has 0 fully saturated rings. The van der Waals surface area contributed by atoms with Crippen molar-refractivity contribution in [3.05, 3.63) is 28.9 Å². The van der Waals surface area contributed by atoms with Crippen LogP contribution in [-0.2, 0) is 20.0 Å². The summed E-state index contributed by atoms with van der Waals surface area (Å²) in [6.07, 6.45) is 4.79. The average molecular weight is 288 g/mol. The standard InChI is InChI=1S/C13H16N6S/c1-3-9-4-10-11(17-13(14)18-12(10)20-9)15-5-8-6-16-19(2)7-8/h4,6-7H,3,5H2,1-2H3,(H3,14,15,17,18). The summed E-state index contributed by atoms with van der Waals surface area (Å²) in [7, 11) is 1.90. The molecule has 0 bridgehead atoms. The fourth-order valence-corrected chi connectivity index (χ4v) is 3.02. The van der Waals surface area contributed by atoms with Crippen molar-refractivity contribution in [1.29, 1.82) is 0 Å². The maximum atomic E-state index is 5.78. The van der Waals surface area contributed by atoms with Crippen LogP contribution in [0.25, 0.3) is 10.2 Å². The SMILES string of the molecule is CCc1cc2c(NCc3cnn(C)c3)nc(N)nc2s1. The molecule has 3 heterocycles. The van der Waals surface area contributed by atoms with E-state index in [1.807, 2.05) is 19.4 Å². The van der Waals surface area contributed by atoms with Gasteiger partial charge in [0.25, 0.3) is 0 Å². The van der Waals surface area contributed by atoms with Crippen LogP contribution in [0.1, 0.15) is 17.4 Å². The second kappa shape index (κ2) is 5.09. The van der Waals surface area contributed by atoms with Crippen LogP contribution in [0.5, 0.6) is 0 Å². The van der Waals surface area contributed by atoms with Crippen LogP contribution in [0.2, 0.25) is 0 Å². The normalized spacial score (nSPS) is 11.1. The van der Waals surface area contributed by atoms with Gasteiger partial charge in [-0.2, -0.15) is 10.1 Å². The molecule has 0 aromatic carbocycles. The number of nitrogens with zero attached hydrogens (tertiary/aromatic N) is 4. The van der Waals surface area contributed by atoms with Crippen molar-refractivity contribution in [2.45, 2.75) is 19.9 Å².